The summed E-state index contributed by atoms with van der Waals surface area (Å²) in [6.07, 6.45) is 0. The lowest BCUT2D eigenvalue weighted by Gasteiger charge is -2.09. The number of methoxy groups -OCH3 is 2. The average molecular weight is 298 g/mol. The lowest BCUT2D eigenvalue weighted by atomic mass is 10.1. The van der Waals surface area contributed by atoms with Crippen molar-refractivity contribution in [3.05, 3.63) is 58.8 Å². The third-order valence-corrected chi connectivity index (χ3v) is 4.42. The van der Waals surface area contributed by atoms with Crippen molar-refractivity contribution in [1.82, 2.24) is 0 Å². The molecular weight excluding hydrogens is 284 g/mol. The third-order valence-electron chi connectivity index (χ3n) is 3.29. The van der Waals surface area contributed by atoms with Crippen LogP contribution in [0.25, 0.3) is 20.5 Å². The quantitative estimate of drug-likeness (QED) is 0.734. The molecule has 0 saturated carbocycles. The standard InChI is InChI=1S/C17H14O3S/c1-19-14-8-12-13(18)9-16(11-6-4-3-5-7-11)21-17(12)10-15(14)20-2/h3-10H,1-2H3. The molecule has 0 aliphatic carbocycles. The highest BCUT2D eigenvalue weighted by atomic mass is 32.1. The minimum atomic E-state index is -0.0106. The van der Waals surface area contributed by atoms with Crippen molar-refractivity contribution in [2.45, 2.75) is 0 Å². The zero-order valence-electron chi connectivity index (χ0n) is 11.8. The summed E-state index contributed by atoms with van der Waals surface area (Å²) in [5.41, 5.74) is 1.03. The molecule has 4 heteroatoms. The van der Waals surface area contributed by atoms with Gasteiger partial charge in [0.15, 0.2) is 16.9 Å². The molecule has 2 aromatic carbocycles. The molecule has 3 nitrogen and oxygen atoms in total. The highest BCUT2D eigenvalue weighted by Gasteiger charge is 2.10. The van der Waals surface area contributed by atoms with Crippen molar-refractivity contribution < 1.29 is 9.47 Å². The molecule has 0 aliphatic rings. The summed E-state index contributed by atoms with van der Waals surface area (Å²) in [4.78, 5) is 13.3. The van der Waals surface area contributed by atoms with Crippen molar-refractivity contribution in [3.8, 4) is 21.9 Å². The summed E-state index contributed by atoms with van der Waals surface area (Å²) in [5.74, 6) is 1.20. The van der Waals surface area contributed by atoms with Crippen molar-refractivity contribution >= 4 is 21.4 Å². The van der Waals surface area contributed by atoms with E-state index in [9.17, 15) is 4.79 Å². The maximum absolute atomic E-state index is 12.4. The molecule has 0 bridgehead atoms. The Bertz CT molecular complexity index is 838. The van der Waals surface area contributed by atoms with E-state index < -0.39 is 0 Å². The van der Waals surface area contributed by atoms with E-state index in [1.165, 1.54) is 0 Å². The van der Waals surface area contributed by atoms with E-state index in [0.717, 1.165) is 15.1 Å². The topological polar surface area (TPSA) is 35.5 Å². The van der Waals surface area contributed by atoms with E-state index in [2.05, 4.69) is 0 Å². The molecule has 0 fully saturated rings. The first-order valence-electron chi connectivity index (χ1n) is 6.48. The van der Waals surface area contributed by atoms with E-state index in [1.54, 1.807) is 37.7 Å². The first kappa shape index (κ1) is 13.6. The molecule has 0 atom stereocenters. The predicted octanol–water partition coefficient (Wildman–Crippen LogP) is 3.95. The summed E-state index contributed by atoms with van der Waals surface area (Å²) in [6, 6.07) is 15.1. The van der Waals surface area contributed by atoms with Crippen LogP contribution in [0, 0.1) is 0 Å². The fourth-order valence-corrected chi connectivity index (χ4v) is 3.32. The number of rotatable bonds is 3. The lowest BCUT2D eigenvalue weighted by molar-refractivity contribution is 0.356. The Morgan fingerprint density at radius 2 is 1.57 bits per heavy atom. The van der Waals surface area contributed by atoms with Gasteiger partial charge in [-0.25, -0.2) is 0 Å². The predicted molar refractivity (Wildman–Crippen MR) is 86.6 cm³/mol. The Balaban J connectivity index is 2.27. The molecule has 3 aromatic rings. The second kappa shape index (κ2) is 5.58. The highest BCUT2D eigenvalue weighted by Crippen LogP contribution is 2.35. The van der Waals surface area contributed by atoms with Crippen molar-refractivity contribution in [2.24, 2.45) is 0 Å². The second-order valence-corrected chi connectivity index (χ2v) is 5.63. The average Bonchev–Trinajstić information content (AvgIpc) is 2.54. The van der Waals surface area contributed by atoms with E-state index in [1.807, 2.05) is 36.4 Å². The van der Waals surface area contributed by atoms with Crippen LogP contribution in [0.3, 0.4) is 0 Å². The van der Waals surface area contributed by atoms with E-state index in [-0.39, 0.29) is 5.43 Å². The Morgan fingerprint density at radius 1 is 0.905 bits per heavy atom. The van der Waals surface area contributed by atoms with Gasteiger partial charge in [0.1, 0.15) is 0 Å². The number of ether oxygens (including phenoxy) is 2. The van der Waals surface area contributed by atoms with Crippen LogP contribution < -0.4 is 14.9 Å². The molecule has 0 N–H and O–H groups in total. The van der Waals surface area contributed by atoms with E-state index in [4.69, 9.17) is 9.47 Å². The Kier molecular flexibility index (Phi) is 3.62. The molecule has 0 aliphatic heterocycles. The van der Waals surface area contributed by atoms with Crippen LogP contribution in [0.15, 0.2) is 53.3 Å². The number of hydrogen-bond donors (Lipinski definition) is 0. The molecule has 0 amide bonds. The van der Waals surface area contributed by atoms with Gasteiger partial charge in [-0.2, -0.15) is 0 Å². The minimum absolute atomic E-state index is 0.0106. The molecule has 3 rings (SSSR count). The van der Waals surface area contributed by atoms with Crippen LogP contribution in [0.1, 0.15) is 0 Å². The molecule has 1 heterocycles. The summed E-state index contributed by atoms with van der Waals surface area (Å²) in [7, 11) is 3.16. The highest BCUT2D eigenvalue weighted by molar-refractivity contribution is 7.21. The molecular formula is C17H14O3S. The van der Waals surface area contributed by atoms with Gasteiger partial charge in [0.2, 0.25) is 0 Å². The Hall–Kier alpha value is -2.33. The molecule has 0 unspecified atom stereocenters. The fourth-order valence-electron chi connectivity index (χ4n) is 2.23. The first-order chi connectivity index (χ1) is 10.2. The maximum atomic E-state index is 12.4. The molecule has 0 spiro atoms. The van der Waals surface area contributed by atoms with Crippen LogP contribution in [-0.2, 0) is 0 Å². The summed E-state index contributed by atoms with van der Waals surface area (Å²) in [6.45, 7) is 0. The first-order valence-corrected chi connectivity index (χ1v) is 7.30. The number of benzene rings is 2. The van der Waals surface area contributed by atoms with Gasteiger partial charge < -0.3 is 9.47 Å². The van der Waals surface area contributed by atoms with Crippen LogP contribution in [0.2, 0.25) is 0 Å². The zero-order valence-corrected chi connectivity index (χ0v) is 12.6. The van der Waals surface area contributed by atoms with E-state index in [0.29, 0.717) is 16.9 Å². The molecule has 1 aromatic heterocycles. The van der Waals surface area contributed by atoms with Gasteiger partial charge in [-0.1, -0.05) is 30.3 Å². The van der Waals surface area contributed by atoms with Gasteiger partial charge in [-0.05, 0) is 11.6 Å². The number of fused-ring (bicyclic) bond motifs is 1. The molecule has 0 saturated heterocycles. The smallest absolute Gasteiger partial charge is 0.188 e. The van der Waals surface area contributed by atoms with Crippen LogP contribution in [0.5, 0.6) is 11.5 Å². The largest absolute Gasteiger partial charge is 0.493 e. The van der Waals surface area contributed by atoms with Crippen LogP contribution in [0.4, 0.5) is 0 Å². The molecule has 21 heavy (non-hydrogen) atoms. The molecule has 0 radical (unpaired) electrons. The van der Waals surface area contributed by atoms with Gasteiger partial charge in [0.25, 0.3) is 0 Å². The monoisotopic (exact) mass is 298 g/mol. The molecule has 106 valence electrons. The van der Waals surface area contributed by atoms with E-state index >= 15 is 0 Å². The lowest BCUT2D eigenvalue weighted by Crippen LogP contribution is -2.00. The second-order valence-electron chi connectivity index (χ2n) is 4.54. The van der Waals surface area contributed by atoms with Gasteiger partial charge >= 0.3 is 0 Å². The van der Waals surface area contributed by atoms with Crippen molar-refractivity contribution in [1.29, 1.82) is 0 Å². The Labute approximate surface area is 126 Å². The SMILES string of the molecule is COc1cc2sc(-c3ccccc3)cc(=O)c2cc1OC. The maximum Gasteiger partial charge on any atom is 0.188 e. The summed E-state index contributed by atoms with van der Waals surface area (Å²) in [5, 5.41) is 0.650. The third kappa shape index (κ3) is 2.50. The summed E-state index contributed by atoms with van der Waals surface area (Å²) < 4.78 is 11.5. The van der Waals surface area contributed by atoms with Gasteiger partial charge in [0.05, 0.1) is 14.2 Å². The van der Waals surface area contributed by atoms with Gasteiger partial charge in [-0.3, -0.25) is 4.79 Å². The number of hydrogen-bond acceptors (Lipinski definition) is 4. The van der Waals surface area contributed by atoms with Crippen molar-refractivity contribution in [3.63, 3.8) is 0 Å². The Morgan fingerprint density at radius 3 is 2.24 bits per heavy atom. The van der Waals surface area contributed by atoms with Crippen LogP contribution >= 0.6 is 11.3 Å². The summed E-state index contributed by atoms with van der Waals surface area (Å²) >= 11 is 1.57. The van der Waals surface area contributed by atoms with Crippen molar-refractivity contribution in [2.75, 3.05) is 14.2 Å². The minimum Gasteiger partial charge on any atom is -0.493 e. The zero-order chi connectivity index (χ0) is 14.8. The van der Waals surface area contributed by atoms with Gasteiger partial charge in [0, 0.05) is 27.1 Å². The van der Waals surface area contributed by atoms with Gasteiger partial charge in [-0.15, -0.1) is 11.3 Å². The normalized spacial score (nSPS) is 10.6. The van der Waals surface area contributed by atoms with Crippen LogP contribution in [-0.4, -0.2) is 14.2 Å². The fraction of sp³-hybridized carbons (Fsp3) is 0.118.